The highest BCUT2D eigenvalue weighted by molar-refractivity contribution is 7.99. The van der Waals surface area contributed by atoms with E-state index in [1.807, 2.05) is 13.8 Å². The molecule has 2 heterocycles. The molecule has 2 aromatic heterocycles. The maximum Gasteiger partial charge on any atom is 0.263 e. The second-order valence-corrected chi connectivity index (χ2v) is 9.89. The molecule has 0 aromatic carbocycles. The monoisotopic (exact) mass is 407 g/mol. The number of amides is 1. The van der Waals surface area contributed by atoms with E-state index in [1.165, 1.54) is 22.2 Å². The van der Waals surface area contributed by atoms with Crippen molar-refractivity contribution in [1.29, 1.82) is 0 Å². The summed E-state index contributed by atoms with van der Waals surface area (Å²) in [7, 11) is 0. The summed E-state index contributed by atoms with van der Waals surface area (Å²) in [6, 6.07) is 0.132. The summed E-state index contributed by atoms with van der Waals surface area (Å²) in [5.41, 5.74) is 1.26. The van der Waals surface area contributed by atoms with Gasteiger partial charge in [-0.05, 0) is 50.5 Å². The van der Waals surface area contributed by atoms with Crippen LogP contribution in [-0.4, -0.2) is 27.3 Å². The van der Waals surface area contributed by atoms with Gasteiger partial charge in [-0.3, -0.25) is 14.2 Å². The predicted molar refractivity (Wildman–Crippen MR) is 114 cm³/mol. The van der Waals surface area contributed by atoms with Gasteiger partial charge in [0.05, 0.1) is 11.1 Å². The fraction of sp³-hybridized carbons (Fsp3) is 0.650. The lowest BCUT2D eigenvalue weighted by Crippen LogP contribution is -2.37. The van der Waals surface area contributed by atoms with Gasteiger partial charge in [0.15, 0.2) is 5.16 Å². The van der Waals surface area contributed by atoms with Crippen molar-refractivity contribution in [3.05, 3.63) is 20.8 Å². The first kappa shape index (κ1) is 20.4. The lowest BCUT2D eigenvalue weighted by atomic mass is 9.89. The average molecular weight is 408 g/mol. The Kier molecular flexibility index (Phi) is 6.31. The summed E-state index contributed by atoms with van der Waals surface area (Å²) in [5.74, 6) is 1.32. The van der Waals surface area contributed by atoms with Crippen LogP contribution >= 0.6 is 23.1 Å². The van der Waals surface area contributed by atoms with E-state index in [9.17, 15) is 9.59 Å². The normalized spacial score (nSPS) is 17.9. The van der Waals surface area contributed by atoms with Gasteiger partial charge in [-0.2, -0.15) is 0 Å². The van der Waals surface area contributed by atoms with Crippen molar-refractivity contribution in [1.82, 2.24) is 14.9 Å². The highest BCUT2D eigenvalue weighted by Crippen LogP contribution is 2.36. The number of nitrogens with one attached hydrogen (secondary N) is 1. The number of carbonyl (C=O) groups excluding carboxylic acids is 1. The summed E-state index contributed by atoms with van der Waals surface area (Å²) in [6.45, 7) is 11.0. The number of thiophene rings is 1. The largest absolute Gasteiger partial charge is 0.353 e. The zero-order chi connectivity index (χ0) is 19.7. The Morgan fingerprint density at radius 3 is 2.81 bits per heavy atom. The van der Waals surface area contributed by atoms with E-state index in [2.05, 4.69) is 26.1 Å². The van der Waals surface area contributed by atoms with Gasteiger partial charge < -0.3 is 5.32 Å². The molecule has 3 rings (SSSR count). The first-order valence-electron chi connectivity index (χ1n) is 9.79. The molecule has 2 atom stereocenters. The number of carbonyl (C=O) groups is 1. The molecule has 0 aliphatic heterocycles. The maximum atomic E-state index is 13.1. The first-order valence-corrected chi connectivity index (χ1v) is 11.6. The smallest absolute Gasteiger partial charge is 0.263 e. The van der Waals surface area contributed by atoms with E-state index >= 15 is 0 Å². The molecule has 0 fully saturated rings. The molecule has 1 aliphatic carbocycles. The Bertz CT molecular complexity index is 901. The number of thioether (sulfide) groups is 1. The minimum absolute atomic E-state index is 0.0162. The fourth-order valence-corrected chi connectivity index (χ4v) is 5.68. The minimum Gasteiger partial charge on any atom is -0.353 e. The third-order valence-corrected chi connectivity index (χ3v) is 7.54. The maximum absolute atomic E-state index is 13.1. The van der Waals surface area contributed by atoms with Crippen LogP contribution in [0.2, 0.25) is 0 Å². The zero-order valence-corrected chi connectivity index (χ0v) is 18.4. The van der Waals surface area contributed by atoms with Crippen molar-refractivity contribution in [2.75, 3.05) is 5.75 Å². The molecular weight excluding hydrogens is 378 g/mol. The molecule has 148 valence electrons. The number of hydrogen-bond acceptors (Lipinski definition) is 5. The van der Waals surface area contributed by atoms with Gasteiger partial charge in [0, 0.05) is 17.5 Å². The standard InChI is InChI=1S/C20H29N3O2S2/c1-6-23-19(25)17-14-8-7-12(4)9-15(14)27-18(17)22-20(23)26-10-16(24)21-13(5)11(2)3/h11-13H,6-10H2,1-5H3,(H,21,24). The predicted octanol–water partition coefficient (Wildman–Crippen LogP) is 3.86. The SMILES string of the molecule is CCn1c(SCC(=O)NC(C)C(C)C)nc2sc3c(c2c1=O)CCC(C)C3. The van der Waals surface area contributed by atoms with E-state index < -0.39 is 0 Å². The highest BCUT2D eigenvalue weighted by atomic mass is 32.2. The van der Waals surface area contributed by atoms with Crippen molar-refractivity contribution in [2.24, 2.45) is 11.8 Å². The van der Waals surface area contributed by atoms with E-state index in [0.29, 0.717) is 23.5 Å². The van der Waals surface area contributed by atoms with Gasteiger partial charge >= 0.3 is 0 Å². The zero-order valence-electron chi connectivity index (χ0n) is 16.8. The summed E-state index contributed by atoms with van der Waals surface area (Å²) in [5, 5.41) is 4.47. The van der Waals surface area contributed by atoms with Crippen molar-refractivity contribution >= 4 is 39.2 Å². The van der Waals surface area contributed by atoms with Crippen molar-refractivity contribution in [3.8, 4) is 0 Å². The molecule has 1 N–H and O–H groups in total. The van der Waals surface area contributed by atoms with Crippen LogP contribution in [-0.2, 0) is 24.2 Å². The molecule has 5 nitrogen and oxygen atoms in total. The summed E-state index contributed by atoms with van der Waals surface area (Å²) < 4.78 is 1.72. The van der Waals surface area contributed by atoms with Crippen LogP contribution in [0.25, 0.3) is 10.2 Å². The number of fused-ring (bicyclic) bond motifs is 3. The van der Waals surface area contributed by atoms with E-state index in [4.69, 9.17) is 4.98 Å². The molecule has 0 saturated carbocycles. The van der Waals surface area contributed by atoms with Crippen LogP contribution in [0.1, 0.15) is 51.5 Å². The number of nitrogens with zero attached hydrogens (tertiary/aromatic N) is 2. The Morgan fingerprint density at radius 1 is 1.41 bits per heavy atom. The molecule has 0 saturated heterocycles. The number of rotatable bonds is 6. The summed E-state index contributed by atoms with van der Waals surface area (Å²) >= 11 is 3.02. The van der Waals surface area contributed by atoms with Crippen molar-refractivity contribution in [2.45, 2.75) is 71.6 Å². The van der Waals surface area contributed by atoms with Crippen LogP contribution in [0, 0.1) is 11.8 Å². The van der Waals surface area contributed by atoms with E-state index in [1.54, 1.807) is 15.9 Å². The third kappa shape index (κ3) is 4.24. The second-order valence-electron chi connectivity index (χ2n) is 7.86. The van der Waals surface area contributed by atoms with Crippen LogP contribution in [0.3, 0.4) is 0 Å². The number of aryl methyl sites for hydroxylation is 1. The molecule has 7 heteroatoms. The van der Waals surface area contributed by atoms with Crippen molar-refractivity contribution < 1.29 is 4.79 Å². The average Bonchev–Trinajstić information content (AvgIpc) is 2.97. The molecule has 27 heavy (non-hydrogen) atoms. The molecule has 0 radical (unpaired) electrons. The Morgan fingerprint density at radius 2 is 2.15 bits per heavy atom. The van der Waals surface area contributed by atoms with E-state index in [0.717, 1.165) is 29.5 Å². The topological polar surface area (TPSA) is 64.0 Å². The quantitative estimate of drug-likeness (QED) is 0.583. The van der Waals surface area contributed by atoms with Gasteiger partial charge in [0.25, 0.3) is 5.56 Å². The van der Waals surface area contributed by atoms with Gasteiger partial charge in [-0.25, -0.2) is 4.98 Å². The van der Waals surface area contributed by atoms with E-state index in [-0.39, 0.29) is 23.3 Å². The minimum atomic E-state index is -0.0162. The summed E-state index contributed by atoms with van der Waals surface area (Å²) in [4.78, 5) is 32.3. The second kappa shape index (κ2) is 8.35. The molecular formula is C20H29N3O2S2. The molecule has 0 spiro atoms. The third-order valence-electron chi connectivity index (χ3n) is 5.42. The molecule has 1 aliphatic rings. The molecule has 2 aromatic rings. The van der Waals surface area contributed by atoms with Crippen LogP contribution < -0.4 is 10.9 Å². The molecule has 0 bridgehead atoms. The van der Waals surface area contributed by atoms with Gasteiger partial charge in [0.2, 0.25) is 5.91 Å². The van der Waals surface area contributed by atoms with Gasteiger partial charge in [-0.15, -0.1) is 11.3 Å². The van der Waals surface area contributed by atoms with Crippen molar-refractivity contribution in [3.63, 3.8) is 0 Å². The lowest BCUT2D eigenvalue weighted by molar-refractivity contribution is -0.119. The van der Waals surface area contributed by atoms with Gasteiger partial charge in [0.1, 0.15) is 4.83 Å². The Hall–Kier alpha value is -1.34. The fourth-order valence-electron chi connectivity index (χ4n) is 3.39. The number of hydrogen-bond donors (Lipinski definition) is 1. The summed E-state index contributed by atoms with van der Waals surface area (Å²) in [6.07, 6.45) is 3.15. The lowest BCUT2D eigenvalue weighted by Gasteiger charge is -2.18. The van der Waals surface area contributed by atoms with Crippen LogP contribution in [0.15, 0.2) is 9.95 Å². The van der Waals surface area contributed by atoms with Crippen LogP contribution in [0.5, 0.6) is 0 Å². The first-order chi connectivity index (χ1) is 12.8. The van der Waals surface area contributed by atoms with Gasteiger partial charge in [-0.1, -0.05) is 32.5 Å². The molecule has 2 unspecified atom stereocenters. The Balaban J connectivity index is 1.88. The molecule has 1 amide bonds. The Labute approximate surface area is 169 Å². The number of aromatic nitrogens is 2. The van der Waals surface area contributed by atoms with Crippen LogP contribution in [0.4, 0.5) is 0 Å². The highest BCUT2D eigenvalue weighted by Gasteiger charge is 2.24.